The smallest absolute Gasteiger partial charge is 0.481 e. The van der Waals surface area contributed by atoms with Crippen LogP contribution in [0.1, 0.15) is 11.3 Å². The molecule has 1 aromatic rings. The van der Waals surface area contributed by atoms with Crippen LogP contribution in [0.4, 0.5) is 26.3 Å². The standard InChI is InChI=1S/C9H4F6INO3/c10-8(11,12)3-2-17-4(1-5(18)19)7(6(3)16)20-9(13,14)15/h2H,1H2,(H,18,19). The first-order chi connectivity index (χ1) is 8.92. The van der Waals surface area contributed by atoms with Crippen molar-refractivity contribution < 1.29 is 41.0 Å². The van der Waals surface area contributed by atoms with Crippen LogP contribution in [-0.2, 0) is 17.4 Å². The first-order valence-corrected chi connectivity index (χ1v) is 5.72. The Morgan fingerprint density at radius 3 is 2.25 bits per heavy atom. The molecule has 0 aromatic carbocycles. The number of hydrogen-bond acceptors (Lipinski definition) is 3. The largest absolute Gasteiger partial charge is 0.573 e. The molecule has 11 heteroatoms. The van der Waals surface area contributed by atoms with E-state index in [4.69, 9.17) is 5.11 Å². The molecular formula is C9H4F6INO3. The lowest BCUT2D eigenvalue weighted by atomic mass is 10.2. The Labute approximate surface area is 120 Å². The summed E-state index contributed by atoms with van der Waals surface area (Å²) in [5.74, 6) is -2.81. The Morgan fingerprint density at radius 1 is 1.30 bits per heavy atom. The number of carboxylic acids is 1. The lowest BCUT2D eigenvalue weighted by Crippen LogP contribution is -2.22. The molecule has 4 nitrogen and oxygen atoms in total. The second kappa shape index (κ2) is 5.61. The van der Waals surface area contributed by atoms with E-state index in [0.717, 1.165) is 22.6 Å². The number of carboxylic acid groups (broad SMARTS) is 1. The van der Waals surface area contributed by atoms with E-state index in [1.807, 2.05) is 0 Å². The molecule has 0 fully saturated rings. The van der Waals surface area contributed by atoms with Crippen molar-refractivity contribution in [3.05, 3.63) is 21.0 Å². The fourth-order valence-electron chi connectivity index (χ4n) is 1.19. The zero-order valence-corrected chi connectivity index (χ0v) is 11.3. The highest BCUT2D eigenvalue weighted by atomic mass is 127. The highest BCUT2D eigenvalue weighted by molar-refractivity contribution is 14.1. The maximum absolute atomic E-state index is 12.6. The molecule has 0 aliphatic rings. The molecule has 0 bridgehead atoms. The van der Waals surface area contributed by atoms with E-state index in [9.17, 15) is 31.1 Å². The van der Waals surface area contributed by atoms with Crippen molar-refractivity contribution >= 4 is 28.6 Å². The van der Waals surface area contributed by atoms with Crippen LogP contribution in [0.3, 0.4) is 0 Å². The van der Waals surface area contributed by atoms with Crippen LogP contribution >= 0.6 is 22.6 Å². The summed E-state index contributed by atoms with van der Waals surface area (Å²) in [5, 5.41) is 8.51. The van der Waals surface area contributed by atoms with Crippen LogP contribution in [0, 0.1) is 3.57 Å². The molecule has 20 heavy (non-hydrogen) atoms. The van der Waals surface area contributed by atoms with Crippen molar-refractivity contribution in [3.8, 4) is 5.75 Å². The predicted molar refractivity (Wildman–Crippen MR) is 60.0 cm³/mol. The average molecular weight is 415 g/mol. The summed E-state index contributed by atoms with van der Waals surface area (Å²) in [5.41, 5.74) is -2.18. The summed E-state index contributed by atoms with van der Waals surface area (Å²) >= 11 is 1.00. The van der Waals surface area contributed by atoms with Crippen molar-refractivity contribution in [2.45, 2.75) is 19.0 Å². The number of aliphatic carboxylic acids is 1. The van der Waals surface area contributed by atoms with Crippen molar-refractivity contribution in [3.63, 3.8) is 0 Å². The Morgan fingerprint density at radius 2 is 1.85 bits per heavy atom. The van der Waals surface area contributed by atoms with Gasteiger partial charge in [-0.05, 0) is 22.6 Å². The molecule has 0 unspecified atom stereocenters. The summed E-state index contributed by atoms with van der Waals surface area (Å²) < 4.78 is 76.8. The Bertz CT molecular complexity index is 528. The van der Waals surface area contributed by atoms with Gasteiger partial charge in [0.2, 0.25) is 0 Å². The van der Waals surface area contributed by atoms with Gasteiger partial charge in [0.15, 0.2) is 5.75 Å². The van der Waals surface area contributed by atoms with Crippen molar-refractivity contribution in [1.29, 1.82) is 0 Å². The van der Waals surface area contributed by atoms with Gasteiger partial charge in [-0.3, -0.25) is 9.78 Å². The average Bonchev–Trinajstić information content (AvgIpc) is 2.19. The Hall–Kier alpha value is -1.27. The van der Waals surface area contributed by atoms with Crippen LogP contribution in [0.2, 0.25) is 0 Å². The van der Waals surface area contributed by atoms with E-state index >= 15 is 0 Å². The molecule has 0 aliphatic carbocycles. The molecule has 112 valence electrons. The number of hydrogen-bond donors (Lipinski definition) is 1. The van der Waals surface area contributed by atoms with E-state index < -0.39 is 45.5 Å². The van der Waals surface area contributed by atoms with Crippen molar-refractivity contribution in [1.82, 2.24) is 4.98 Å². The number of carbonyl (C=O) groups is 1. The number of alkyl halides is 6. The molecule has 0 saturated heterocycles. The molecule has 1 N–H and O–H groups in total. The molecule has 0 saturated carbocycles. The number of ether oxygens (including phenoxy) is 1. The van der Waals surface area contributed by atoms with Gasteiger partial charge in [-0.1, -0.05) is 0 Å². The molecule has 0 aliphatic heterocycles. The van der Waals surface area contributed by atoms with Gasteiger partial charge in [-0.2, -0.15) is 13.2 Å². The molecular weight excluding hydrogens is 411 g/mol. The van der Waals surface area contributed by atoms with Crippen LogP contribution < -0.4 is 4.74 Å². The Kier molecular flexibility index (Phi) is 4.71. The summed E-state index contributed by atoms with van der Waals surface area (Å²) in [4.78, 5) is 13.6. The number of rotatable bonds is 3. The zero-order valence-electron chi connectivity index (χ0n) is 9.14. The summed E-state index contributed by atoms with van der Waals surface area (Å²) in [7, 11) is 0. The lowest BCUT2D eigenvalue weighted by Gasteiger charge is -2.17. The number of pyridine rings is 1. The van der Waals surface area contributed by atoms with Gasteiger partial charge in [0.05, 0.1) is 21.2 Å². The number of aromatic nitrogens is 1. The lowest BCUT2D eigenvalue weighted by molar-refractivity contribution is -0.275. The Balaban J connectivity index is 3.41. The molecule has 1 heterocycles. The van der Waals surface area contributed by atoms with Crippen LogP contribution in [0.15, 0.2) is 6.20 Å². The van der Waals surface area contributed by atoms with E-state index in [0.29, 0.717) is 0 Å². The van der Waals surface area contributed by atoms with Crippen molar-refractivity contribution in [2.75, 3.05) is 0 Å². The minimum Gasteiger partial charge on any atom is -0.481 e. The van der Waals surface area contributed by atoms with Gasteiger partial charge in [0.25, 0.3) is 0 Å². The van der Waals surface area contributed by atoms with E-state index in [1.54, 1.807) is 0 Å². The van der Waals surface area contributed by atoms with Crippen LogP contribution in [0.25, 0.3) is 0 Å². The number of halogens is 7. The van der Waals surface area contributed by atoms with E-state index in [1.165, 1.54) is 0 Å². The first-order valence-electron chi connectivity index (χ1n) is 4.64. The topological polar surface area (TPSA) is 59.4 Å². The molecule has 0 amide bonds. The van der Waals surface area contributed by atoms with E-state index in [-0.39, 0.29) is 6.20 Å². The third-order valence-corrected chi connectivity index (χ3v) is 2.96. The van der Waals surface area contributed by atoms with Gasteiger partial charge in [0, 0.05) is 6.20 Å². The van der Waals surface area contributed by atoms with Gasteiger partial charge in [-0.15, -0.1) is 13.2 Å². The quantitative estimate of drug-likeness (QED) is 0.609. The van der Waals surface area contributed by atoms with Gasteiger partial charge < -0.3 is 9.84 Å². The zero-order chi connectivity index (χ0) is 15.7. The first kappa shape index (κ1) is 16.8. The molecule has 1 rings (SSSR count). The monoisotopic (exact) mass is 415 g/mol. The minimum atomic E-state index is -5.26. The molecule has 1 aromatic heterocycles. The normalized spacial score (nSPS) is 12.3. The maximum Gasteiger partial charge on any atom is 0.573 e. The molecule has 0 atom stereocenters. The summed E-state index contributed by atoms with van der Waals surface area (Å²) in [6, 6.07) is 0. The third kappa shape index (κ3) is 4.38. The fraction of sp³-hybridized carbons (Fsp3) is 0.333. The van der Waals surface area contributed by atoms with Crippen molar-refractivity contribution in [2.24, 2.45) is 0 Å². The third-order valence-electron chi connectivity index (χ3n) is 1.89. The highest BCUT2D eigenvalue weighted by Gasteiger charge is 2.39. The van der Waals surface area contributed by atoms with Crippen LogP contribution in [0.5, 0.6) is 5.75 Å². The van der Waals surface area contributed by atoms with Gasteiger partial charge in [0.1, 0.15) is 0 Å². The predicted octanol–water partition coefficient (Wildman–Crippen LogP) is 3.23. The van der Waals surface area contributed by atoms with Gasteiger partial charge >= 0.3 is 18.5 Å². The number of nitrogens with zero attached hydrogens (tertiary/aromatic N) is 1. The fourth-order valence-corrected chi connectivity index (χ4v) is 2.06. The maximum atomic E-state index is 12.6. The SMILES string of the molecule is O=C(O)Cc1ncc(C(F)(F)F)c(I)c1OC(F)(F)F. The molecule has 0 radical (unpaired) electrons. The van der Waals surface area contributed by atoms with Crippen LogP contribution in [-0.4, -0.2) is 22.4 Å². The molecule has 0 spiro atoms. The van der Waals surface area contributed by atoms with Gasteiger partial charge in [-0.25, -0.2) is 0 Å². The summed E-state index contributed by atoms with van der Waals surface area (Å²) in [6.45, 7) is 0. The second-order valence-electron chi connectivity index (χ2n) is 3.38. The highest BCUT2D eigenvalue weighted by Crippen LogP contribution is 2.39. The minimum absolute atomic E-state index is 0.267. The van der Waals surface area contributed by atoms with E-state index in [2.05, 4.69) is 9.72 Å². The summed E-state index contributed by atoms with van der Waals surface area (Å²) in [6.07, 6.45) is -10.9. The second-order valence-corrected chi connectivity index (χ2v) is 4.46.